The van der Waals surface area contributed by atoms with Gasteiger partial charge in [0.15, 0.2) is 0 Å². The largest absolute Gasteiger partial charge is 0.273 e. The van der Waals surface area contributed by atoms with Gasteiger partial charge in [-0.2, -0.15) is 5.10 Å². The highest BCUT2D eigenvalue weighted by Crippen LogP contribution is 2.24. The highest BCUT2D eigenvalue weighted by molar-refractivity contribution is 5.37. The quantitative estimate of drug-likeness (QED) is 0.639. The smallest absolute Gasteiger partial charge is 0.0743 e. The van der Waals surface area contributed by atoms with Gasteiger partial charge >= 0.3 is 0 Å². The van der Waals surface area contributed by atoms with E-state index in [9.17, 15) is 0 Å². The van der Waals surface area contributed by atoms with E-state index in [2.05, 4.69) is 49.5 Å². The van der Waals surface area contributed by atoms with E-state index in [1.165, 1.54) is 16.7 Å². The van der Waals surface area contributed by atoms with E-state index in [1.54, 1.807) is 0 Å². The summed E-state index contributed by atoms with van der Waals surface area (Å²) in [5.74, 6) is 5.71. The predicted octanol–water partition coefficient (Wildman–Crippen LogP) is 2.07. The molecule has 3 N–H and O–H groups in total. The van der Waals surface area contributed by atoms with Crippen molar-refractivity contribution < 1.29 is 0 Å². The highest BCUT2D eigenvalue weighted by Gasteiger charge is 2.16. The number of nitrogens with zero attached hydrogens (tertiary/aromatic N) is 2. The summed E-state index contributed by atoms with van der Waals surface area (Å²) >= 11 is 0. The summed E-state index contributed by atoms with van der Waals surface area (Å²) in [6.07, 6.45) is 3.90. The van der Waals surface area contributed by atoms with Gasteiger partial charge in [0.05, 0.1) is 12.2 Å². The van der Waals surface area contributed by atoms with Crippen LogP contribution in [0.5, 0.6) is 0 Å². The fraction of sp³-hybridized carbons (Fsp3) is 0.357. The molecule has 0 aliphatic carbocycles. The Labute approximate surface area is 108 Å². The van der Waals surface area contributed by atoms with E-state index in [4.69, 9.17) is 5.84 Å². The lowest BCUT2D eigenvalue weighted by Gasteiger charge is -2.17. The van der Waals surface area contributed by atoms with Crippen LogP contribution in [0.3, 0.4) is 0 Å². The van der Waals surface area contributed by atoms with Crippen molar-refractivity contribution >= 4 is 0 Å². The normalized spacial score (nSPS) is 12.7. The van der Waals surface area contributed by atoms with Gasteiger partial charge in [0.25, 0.3) is 0 Å². The second-order valence-corrected chi connectivity index (χ2v) is 4.59. The average Bonchev–Trinajstić information content (AvgIpc) is 2.81. The topological polar surface area (TPSA) is 55.9 Å². The van der Waals surface area contributed by atoms with Crippen molar-refractivity contribution in [2.75, 3.05) is 0 Å². The van der Waals surface area contributed by atoms with Crippen molar-refractivity contribution in [1.82, 2.24) is 15.2 Å². The highest BCUT2D eigenvalue weighted by atomic mass is 15.3. The monoisotopic (exact) mass is 244 g/mol. The van der Waals surface area contributed by atoms with E-state index in [1.807, 2.05) is 17.1 Å². The Morgan fingerprint density at radius 3 is 2.72 bits per heavy atom. The molecule has 0 aliphatic heterocycles. The molecule has 1 aromatic heterocycles. The van der Waals surface area contributed by atoms with Crippen LogP contribution in [0.4, 0.5) is 0 Å². The fourth-order valence-electron chi connectivity index (χ4n) is 2.22. The summed E-state index contributed by atoms with van der Waals surface area (Å²) in [6, 6.07) is 6.39. The van der Waals surface area contributed by atoms with Crippen LogP contribution in [0.25, 0.3) is 0 Å². The summed E-state index contributed by atoms with van der Waals surface area (Å²) < 4.78 is 1.91. The maximum absolute atomic E-state index is 5.71. The third-order valence-electron chi connectivity index (χ3n) is 3.21. The van der Waals surface area contributed by atoms with Gasteiger partial charge in [0.1, 0.15) is 0 Å². The number of hydrogen-bond acceptors (Lipinski definition) is 3. The van der Waals surface area contributed by atoms with Gasteiger partial charge in [0.2, 0.25) is 0 Å². The summed E-state index contributed by atoms with van der Waals surface area (Å²) in [7, 11) is 0. The zero-order chi connectivity index (χ0) is 13.1. The van der Waals surface area contributed by atoms with E-state index in [0.717, 1.165) is 12.1 Å². The first-order valence-corrected chi connectivity index (χ1v) is 6.21. The first kappa shape index (κ1) is 12.8. The molecule has 1 atom stereocenters. The zero-order valence-electron chi connectivity index (χ0n) is 11.1. The number of nitrogens with one attached hydrogen (secondary N) is 1. The molecule has 1 unspecified atom stereocenters. The second-order valence-electron chi connectivity index (χ2n) is 4.59. The number of rotatable bonds is 4. The molecule has 0 spiro atoms. The number of aromatic nitrogens is 2. The molecule has 4 heteroatoms. The van der Waals surface area contributed by atoms with Crippen LogP contribution in [-0.4, -0.2) is 9.78 Å². The Hall–Kier alpha value is -1.65. The third kappa shape index (κ3) is 2.44. The maximum atomic E-state index is 5.71. The number of benzene rings is 1. The first-order chi connectivity index (χ1) is 8.65. The van der Waals surface area contributed by atoms with E-state index < -0.39 is 0 Å². The minimum absolute atomic E-state index is 0.00843. The number of hydrazine groups is 1. The zero-order valence-corrected chi connectivity index (χ0v) is 11.1. The van der Waals surface area contributed by atoms with E-state index in [0.29, 0.717) is 0 Å². The number of hydrogen-bond donors (Lipinski definition) is 2. The molecule has 0 bridgehead atoms. The van der Waals surface area contributed by atoms with Crippen LogP contribution >= 0.6 is 0 Å². The maximum Gasteiger partial charge on any atom is 0.0743 e. The van der Waals surface area contributed by atoms with Crippen LogP contribution in [0.15, 0.2) is 30.6 Å². The molecular formula is C14H20N4. The molecule has 96 valence electrons. The molecule has 0 saturated carbocycles. The molecule has 0 aliphatic rings. The van der Waals surface area contributed by atoms with Gasteiger partial charge in [0, 0.05) is 18.3 Å². The Bertz CT molecular complexity index is 530. The van der Waals surface area contributed by atoms with E-state index >= 15 is 0 Å². The SMILES string of the molecule is CCn1cc(C(NN)c2ccc(C)cc2C)cn1. The molecule has 1 heterocycles. The standard InChI is InChI=1S/C14H20N4/c1-4-18-9-12(8-16-18)14(17-15)13-6-5-10(2)7-11(13)3/h5-9,14,17H,4,15H2,1-3H3. The van der Waals surface area contributed by atoms with Gasteiger partial charge in [-0.1, -0.05) is 23.8 Å². The van der Waals surface area contributed by atoms with Crippen molar-refractivity contribution in [3.05, 3.63) is 52.8 Å². The summed E-state index contributed by atoms with van der Waals surface area (Å²) in [6.45, 7) is 7.14. The molecule has 0 fully saturated rings. The van der Waals surface area contributed by atoms with Gasteiger partial charge in [-0.05, 0) is 31.9 Å². The first-order valence-electron chi connectivity index (χ1n) is 6.21. The Morgan fingerprint density at radius 2 is 2.17 bits per heavy atom. The lowest BCUT2D eigenvalue weighted by atomic mass is 9.96. The molecule has 18 heavy (non-hydrogen) atoms. The van der Waals surface area contributed by atoms with Crippen molar-refractivity contribution in [3.63, 3.8) is 0 Å². The molecule has 4 nitrogen and oxygen atoms in total. The Kier molecular flexibility index (Phi) is 3.79. The number of aryl methyl sites for hydroxylation is 3. The molecule has 0 radical (unpaired) electrons. The molecular weight excluding hydrogens is 224 g/mol. The van der Waals surface area contributed by atoms with Gasteiger partial charge in [-0.15, -0.1) is 0 Å². The third-order valence-corrected chi connectivity index (χ3v) is 3.21. The van der Waals surface area contributed by atoms with Crippen molar-refractivity contribution in [2.45, 2.75) is 33.4 Å². The minimum atomic E-state index is -0.00843. The minimum Gasteiger partial charge on any atom is -0.273 e. The van der Waals surface area contributed by atoms with Crippen molar-refractivity contribution in [1.29, 1.82) is 0 Å². The van der Waals surface area contributed by atoms with Crippen LogP contribution in [0.1, 0.15) is 35.2 Å². The second kappa shape index (κ2) is 5.33. The van der Waals surface area contributed by atoms with Crippen LogP contribution < -0.4 is 11.3 Å². The Balaban J connectivity index is 2.38. The van der Waals surface area contributed by atoms with Crippen LogP contribution in [0, 0.1) is 13.8 Å². The predicted molar refractivity (Wildman–Crippen MR) is 73.0 cm³/mol. The average molecular weight is 244 g/mol. The van der Waals surface area contributed by atoms with Gasteiger partial charge in [-0.3, -0.25) is 10.5 Å². The summed E-state index contributed by atoms with van der Waals surface area (Å²) in [5, 5.41) is 4.30. The van der Waals surface area contributed by atoms with Crippen LogP contribution in [-0.2, 0) is 6.54 Å². The molecule has 2 rings (SSSR count). The summed E-state index contributed by atoms with van der Waals surface area (Å²) in [4.78, 5) is 0. The number of nitrogens with two attached hydrogens (primary N) is 1. The fourth-order valence-corrected chi connectivity index (χ4v) is 2.22. The van der Waals surface area contributed by atoms with Crippen molar-refractivity contribution in [3.8, 4) is 0 Å². The lowest BCUT2D eigenvalue weighted by Crippen LogP contribution is -2.29. The molecule has 1 aromatic carbocycles. The van der Waals surface area contributed by atoms with Crippen molar-refractivity contribution in [2.24, 2.45) is 5.84 Å². The lowest BCUT2D eigenvalue weighted by molar-refractivity contribution is 0.627. The molecule has 2 aromatic rings. The summed E-state index contributed by atoms with van der Waals surface area (Å²) in [5.41, 5.74) is 7.66. The van der Waals surface area contributed by atoms with Gasteiger partial charge < -0.3 is 0 Å². The van der Waals surface area contributed by atoms with Gasteiger partial charge in [-0.25, -0.2) is 5.43 Å². The van der Waals surface area contributed by atoms with Crippen LogP contribution in [0.2, 0.25) is 0 Å². The molecule has 0 saturated heterocycles. The molecule has 0 amide bonds. The Morgan fingerprint density at radius 1 is 1.39 bits per heavy atom. The van der Waals surface area contributed by atoms with E-state index in [-0.39, 0.29) is 6.04 Å².